The number of nitro benzene ring substituents is 2. The summed E-state index contributed by atoms with van der Waals surface area (Å²) < 4.78 is 27.2. The number of benzene rings is 4. The molecular weight excluding hydrogens is 744 g/mol. The molecule has 260 valence electrons. The molecule has 52 heavy (non-hydrogen) atoms. The number of methoxy groups -OCH3 is 2. The summed E-state index contributed by atoms with van der Waals surface area (Å²) in [6.45, 7) is -0.0983. The smallest absolute Gasteiger partial charge is 0.291 e. The molecule has 0 spiro atoms. The maximum absolute atomic E-state index is 11.4. The average molecular weight is 768 g/mol. The minimum absolute atomic E-state index is 0.0170. The quantitative estimate of drug-likeness (QED) is 0.0922. The highest BCUT2D eigenvalue weighted by Crippen LogP contribution is 2.39. The molecule has 18 heteroatoms. The summed E-state index contributed by atoms with van der Waals surface area (Å²) in [7, 11) is 3.14. The van der Waals surface area contributed by atoms with Crippen molar-refractivity contribution in [3.63, 3.8) is 0 Å². The number of aromatic nitrogens is 5. The van der Waals surface area contributed by atoms with Crippen LogP contribution in [0.25, 0.3) is 44.9 Å². The Kier molecular flexibility index (Phi) is 9.11. The minimum atomic E-state index is -0.749. The van der Waals surface area contributed by atoms with Gasteiger partial charge in [-0.2, -0.15) is 4.98 Å². The molecule has 7 rings (SSSR count). The summed E-state index contributed by atoms with van der Waals surface area (Å²) in [6, 6.07) is 22.3. The van der Waals surface area contributed by atoms with Gasteiger partial charge in [-0.3, -0.25) is 20.2 Å². The van der Waals surface area contributed by atoms with E-state index in [0.717, 1.165) is 34.3 Å². The Morgan fingerprint density at radius 2 is 1.46 bits per heavy atom. The highest BCUT2D eigenvalue weighted by molar-refractivity contribution is 9.10. The third-order valence-corrected chi connectivity index (χ3v) is 8.56. The fourth-order valence-corrected chi connectivity index (χ4v) is 5.69. The fourth-order valence-electron chi connectivity index (χ4n) is 5.17. The zero-order chi connectivity index (χ0) is 36.4. The maximum atomic E-state index is 11.4. The highest BCUT2D eigenvalue weighted by atomic mass is 79.9. The third-order valence-electron chi connectivity index (χ3n) is 7.74. The number of rotatable bonds is 12. The van der Waals surface area contributed by atoms with E-state index in [-0.39, 0.29) is 28.4 Å². The molecule has 0 aliphatic rings. The minimum Gasteiger partial charge on any atom is -0.493 e. The molecule has 0 fully saturated rings. The van der Waals surface area contributed by atoms with Crippen LogP contribution < -0.4 is 19.5 Å². The summed E-state index contributed by atoms with van der Waals surface area (Å²) in [5, 5.41) is 34.9. The summed E-state index contributed by atoms with van der Waals surface area (Å²) >= 11 is 2.91. The summed E-state index contributed by atoms with van der Waals surface area (Å²) in [4.78, 5) is 34.2. The van der Waals surface area contributed by atoms with Crippen LogP contribution in [0.3, 0.4) is 0 Å². The van der Waals surface area contributed by atoms with Crippen LogP contribution in [-0.4, -0.2) is 49.3 Å². The van der Waals surface area contributed by atoms with E-state index in [1.54, 1.807) is 32.4 Å². The number of nitrogens with zero attached hydrogens (tertiary/aromatic N) is 7. The molecule has 0 radical (unpaired) electrons. The van der Waals surface area contributed by atoms with Gasteiger partial charge in [0, 0.05) is 46.5 Å². The van der Waals surface area contributed by atoms with Crippen LogP contribution in [0, 0.1) is 20.2 Å². The lowest BCUT2D eigenvalue weighted by Crippen LogP contribution is -1.98. The molecule has 0 unspecified atom stereocenters. The van der Waals surface area contributed by atoms with Crippen LogP contribution in [-0.2, 0) is 6.61 Å². The molecule has 0 saturated carbocycles. The lowest BCUT2D eigenvalue weighted by Gasteiger charge is -2.12. The van der Waals surface area contributed by atoms with Crippen LogP contribution in [0.4, 0.5) is 22.9 Å². The normalized spacial score (nSPS) is 11.0. The van der Waals surface area contributed by atoms with E-state index >= 15 is 0 Å². The number of fused-ring (bicyclic) bond motifs is 1. The highest BCUT2D eigenvalue weighted by Gasteiger charge is 2.27. The van der Waals surface area contributed by atoms with Gasteiger partial charge in [0.25, 0.3) is 17.3 Å². The lowest BCUT2D eigenvalue weighted by molar-refractivity contribution is -0.395. The number of hydrogen-bond donors (Lipinski definition) is 1. The summed E-state index contributed by atoms with van der Waals surface area (Å²) in [6.07, 6.45) is 1.48. The predicted octanol–water partition coefficient (Wildman–Crippen LogP) is 7.92. The summed E-state index contributed by atoms with van der Waals surface area (Å²) in [5.41, 5.74) is 2.70. The lowest BCUT2D eigenvalue weighted by atomic mass is 10.1. The van der Waals surface area contributed by atoms with Gasteiger partial charge in [0.15, 0.2) is 28.3 Å². The largest absolute Gasteiger partial charge is 0.493 e. The van der Waals surface area contributed by atoms with E-state index in [0.29, 0.717) is 40.0 Å². The molecule has 1 N–H and O–H groups in total. The zero-order valence-corrected chi connectivity index (χ0v) is 28.6. The van der Waals surface area contributed by atoms with Gasteiger partial charge in [0.1, 0.15) is 23.6 Å². The average Bonchev–Trinajstić information content (AvgIpc) is 3.85. The number of nitro groups is 2. The molecule has 0 aliphatic heterocycles. The van der Waals surface area contributed by atoms with E-state index in [1.807, 2.05) is 48.5 Å². The molecule has 0 aliphatic carbocycles. The molecule has 7 aromatic rings. The zero-order valence-electron chi connectivity index (χ0n) is 27.0. The van der Waals surface area contributed by atoms with E-state index < -0.39 is 21.2 Å². The molecule has 17 nitrogen and oxygen atoms in total. The first-order valence-electron chi connectivity index (χ1n) is 15.1. The second-order valence-corrected chi connectivity index (χ2v) is 11.7. The predicted molar refractivity (Wildman–Crippen MR) is 188 cm³/mol. The van der Waals surface area contributed by atoms with Crippen LogP contribution >= 0.6 is 15.9 Å². The van der Waals surface area contributed by atoms with E-state index in [1.165, 1.54) is 6.33 Å². The van der Waals surface area contributed by atoms with Crippen LogP contribution in [0.1, 0.15) is 5.82 Å². The Morgan fingerprint density at radius 1 is 0.788 bits per heavy atom. The van der Waals surface area contributed by atoms with E-state index in [2.05, 4.69) is 46.5 Å². The molecule has 0 atom stereocenters. The Labute approximate surface area is 300 Å². The Balaban J connectivity index is 0.994. The van der Waals surface area contributed by atoms with Crippen molar-refractivity contribution < 1.29 is 33.1 Å². The Morgan fingerprint density at radius 3 is 2.13 bits per heavy atom. The molecule has 0 amide bonds. The standard InChI is InChI=1S/C34H23BrN8O9/c1-48-29-13-23-25(15-30(29)49-2)36-17-37-33(23)38-21-7-3-19(4-8-21)28-14-24(40-51-28)18-5-9-22(10-6-18)50-16-31-39-34(52-41-31)20-11-26(42(44)45)32(35)27(12-20)43(46)47/h3-15,17H,16H2,1-2H3,(H,36,37,38). The van der Waals surface area contributed by atoms with Gasteiger partial charge in [-0.05, 0) is 70.5 Å². The molecule has 3 heterocycles. The Bertz CT molecular complexity index is 2420. The monoisotopic (exact) mass is 766 g/mol. The molecule has 3 aromatic heterocycles. The second kappa shape index (κ2) is 14.1. The van der Waals surface area contributed by atoms with Crippen molar-refractivity contribution in [2.45, 2.75) is 6.61 Å². The van der Waals surface area contributed by atoms with E-state index in [9.17, 15) is 20.2 Å². The van der Waals surface area contributed by atoms with Gasteiger partial charge in [-0.25, -0.2) is 9.97 Å². The van der Waals surface area contributed by atoms with Crippen LogP contribution in [0.2, 0.25) is 0 Å². The SMILES string of the molecule is COc1cc2ncnc(Nc3ccc(-c4cc(-c5ccc(OCc6noc(-c7cc([N+](=O)[O-])c(Br)c([N+](=O)[O-])c7)n6)cc5)no4)cc3)c2cc1OC. The van der Waals surface area contributed by atoms with Crippen molar-refractivity contribution in [3.05, 3.63) is 116 Å². The van der Waals surface area contributed by atoms with Crippen molar-refractivity contribution in [3.8, 4) is 51.3 Å². The van der Waals surface area contributed by atoms with Gasteiger partial charge < -0.3 is 28.6 Å². The number of hydrogen-bond acceptors (Lipinski definition) is 15. The van der Waals surface area contributed by atoms with Gasteiger partial charge in [0.05, 0.1) is 35.1 Å². The maximum Gasteiger partial charge on any atom is 0.291 e. The Hall–Kier alpha value is -6.95. The fraction of sp³-hybridized carbons (Fsp3) is 0.0882. The molecule has 0 bridgehead atoms. The number of anilines is 2. The van der Waals surface area contributed by atoms with Crippen molar-refractivity contribution in [1.82, 2.24) is 25.3 Å². The topological polar surface area (TPSA) is 217 Å². The molecular formula is C34H23BrN8O9. The molecule has 0 saturated heterocycles. The van der Waals surface area contributed by atoms with Crippen molar-refractivity contribution in [1.29, 1.82) is 0 Å². The number of nitrogens with one attached hydrogen (secondary N) is 1. The van der Waals surface area contributed by atoms with Gasteiger partial charge in [0.2, 0.25) is 5.82 Å². The summed E-state index contributed by atoms with van der Waals surface area (Å²) in [5.74, 6) is 2.80. The second-order valence-electron chi connectivity index (χ2n) is 10.9. The van der Waals surface area contributed by atoms with Gasteiger partial charge in [-0.1, -0.05) is 10.3 Å². The first-order valence-corrected chi connectivity index (χ1v) is 15.9. The molecule has 4 aromatic carbocycles. The van der Waals surface area contributed by atoms with Gasteiger partial charge in [-0.15, -0.1) is 0 Å². The first kappa shape index (κ1) is 33.5. The number of ether oxygens (including phenoxy) is 3. The van der Waals surface area contributed by atoms with Crippen molar-refractivity contribution in [2.75, 3.05) is 19.5 Å². The van der Waals surface area contributed by atoms with E-state index in [4.69, 9.17) is 23.3 Å². The number of halogens is 1. The van der Waals surface area contributed by atoms with Crippen molar-refractivity contribution >= 4 is 49.7 Å². The first-order chi connectivity index (χ1) is 25.2. The van der Waals surface area contributed by atoms with Crippen molar-refractivity contribution in [2.24, 2.45) is 0 Å². The third kappa shape index (κ3) is 6.77. The van der Waals surface area contributed by atoms with Crippen LogP contribution in [0.5, 0.6) is 17.2 Å². The van der Waals surface area contributed by atoms with Gasteiger partial charge >= 0.3 is 0 Å². The van der Waals surface area contributed by atoms with Crippen LogP contribution in [0.15, 0.2) is 98.7 Å².